The number of benzene rings is 3. The molecule has 2 bridgehead atoms. The van der Waals surface area contributed by atoms with Crippen LogP contribution in [0.3, 0.4) is 0 Å². The number of aromatic nitrogens is 9. The number of nitrogens with one attached hydrogen (secondary N) is 1. The summed E-state index contributed by atoms with van der Waals surface area (Å²) < 4.78 is 48.9. The number of aromatic amines is 1. The number of carbonyl (C=O) groups is 2. The molecule has 0 unspecified atom stereocenters. The molecule has 8 aromatic rings. The number of aryl methyl sites for hydroxylation is 3. The fraction of sp³-hybridized carbons (Fsp3) is 0.326. The van der Waals surface area contributed by atoms with Gasteiger partial charge in [0.25, 0.3) is 5.91 Å². The Morgan fingerprint density at radius 1 is 0.906 bits per heavy atom. The molecule has 3 aliphatic heterocycles. The van der Waals surface area contributed by atoms with Gasteiger partial charge in [-0.05, 0) is 124 Å². The van der Waals surface area contributed by atoms with Crippen LogP contribution in [0.2, 0.25) is 0 Å². The van der Waals surface area contributed by atoms with Crippen molar-refractivity contribution in [3.8, 4) is 17.2 Å². The molecule has 326 valence electrons. The standard InChI is InChI=1S/C46H42F2N10O6/c1-23-16-29(17-24(2)38(23)47)58-41(55-14-13-54(45(55)62)35-11-10-33-30(39(35)48)22-49-53(33)5)37-31(51-58)20-28-7-9-34(37)56(28)42(59)36-19-27-18-25(26-12-15-63-46(3,4)21-26)6-8-32(27)57(36)43(60)40-50-44(61)64-52-40/h6,8,10-11,13-14,16-19,22,26,28,34H,7,9,12,15,20-21H2,1-5H3,(H,50,52,61)/t26-,28+,34-/m0/s1. The van der Waals surface area contributed by atoms with Crippen molar-refractivity contribution in [2.75, 3.05) is 6.61 Å². The summed E-state index contributed by atoms with van der Waals surface area (Å²) in [5.74, 6) is -2.98. The van der Waals surface area contributed by atoms with Crippen LogP contribution >= 0.6 is 0 Å². The maximum absolute atomic E-state index is 16.1. The molecule has 2 saturated heterocycles. The lowest BCUT2D eigenvalue weighted by molar-refractivity contribution is -0.0592. The van der Waals surface area contributed by atoms with Gasteiger partial charge in [-0.2, -0.15) is 10.2 Å². The molecular formula is C46H42F2N10O6. The first-order valence-corrected chi connectivity index (χ1v) is 21.2. The minimum absolute atomic E-state index is 0.0185. The molecule has 64 heavy (non-hydrogen) atoms. The van der Waals surface area contributed by atoms with E-state index >= 15 is 13.6 Å². The van der Waals surface area contributed by atoms with Crippen molar-refractivity contribution >= 4 is 33.6 Å². The number of fused-ring (bicyclic) bond motifs is 6. The first kappa shape index (κ1) is 39.6. The van der Waals surface area contributed by atoms with Gasteiger partial charge in [-0.25, -0.2) is 23.1 Å². The summed E-state index contributed by atoms with van der Waals surface area (Å²) in [7, 11) is 1.70. The van der Waals surface area contributed by atoms with E-state index in [-0.39, 0.29) is 46.0 Å². The second-order valence-electron chi connectivity index (χ2n) is 17.8. The van der Waals surface area contributed by atoms with Gasteiger partial charge >= 0.3 is 17.4 Å². The number of H-pyrrole nitrogens is 1. The summed E-state index contributed by atoms with van der Waals surface area (Å²) in [6.07, 6.45) is 7.43. The van der Waals surface area contributed by atoms with Gasteiger partial charge in [0.05, 0.1) is 51.3 Å². The third-order valence-electron chi connectivity index (χ3n) is 13.3. The average molecular weight is 869 g/mol. The first-order valence-electron chi connectivity index (χ1n) is 21.2. The van der Waals surface area contributed by atoms with Crippen molar-refractivity contribution in [3.63, 3.8) is 0 Å². The summed E-state index contributed by atoms with van der Waals surface area (Å²) in [5.41, 5.74) is 3.69. The summed E-state index contributed by atoms with van der Waals surface area (Å²) in [5, 5.41) is 13.8. The zero-order valence-corrected chi connectivity index (χ0v) is 35.6. The van der Waals surface area contributed by atoms with Crippen molar-refractivity contribution in [1.29, 1.82) is 0 Å². The van der Waals surface area contributed by atoms with E-state index in [4.69, 9.17) is 14.4 Å². The molecule has 8 heterocycles. The fourth-order valence-corrected chi connectivity index (χ4v) is 10.3. The lowest BCUT2D eigenvalue weighted by Gasteiger charge is -2.35. The lowest BCUT2D eigenvalue weighted by atomic mass is 9.83. The minimum Gasteiger partial charge on any atom is -0.376 e. The number of ether oxygens (including phenoxy) is 1. The van der Waals surface area contributed by atoms with E-state index in [1.807, 2.05) is 18.2 Å². The summed E-state index contributed by atoms with van der Waals surface area (Å²) in [6, 6.07) is 13.0. The number of hydrogen-bond acceptors (Lipinski definition) is 9. The molecule has 3 aliphatic rings. The molecule has 2 fully saturated rings. The number of rotatable bonds is 6. The number of carbonyl (C=O) groups excluding carboxylic acids is 2. The Labute approximate surface area is 362 Å². The normalized spacial score (nSPS) is 19.2. The molecule has 0 saturated carbocycles. The van der Waals surface area contributed by atoms with Gasteiger partial charge in [-0.1, -0.05) is 6.07 Å². The quantitative estimate of drug-likeness (QED) is 0.196. The summed E-state index contributed by atoms with van der Waals surface area (Å²) in [6.45, 7) is 8.03. The fourth-order valence-electron chi connectivity index (χ4n) is 10.3. The van der Waals surface area contributed by atoms with Crippen LogP contribution in [0.4, 0.5) is 8.78 Å². The molecule has 1 amide bonds. The van der Waals surface area contributed by atoms with Gasteiger partial charge in [0.15, 0.2) is 5.82 Å². The third kappa shape index (κ3) is 5.98. The van der Waals surface area contributed by atoms with Crippen LogP contribution < -0.4 is 11.4 Å². The van der Waals surface area contributed by atoms with E-state index in [2.05, 4.69) is 29.1 Å². The van der Waals surface area contributed by atoms with Gasteiger partial charge in [-0.3, -0.25) is 37.5 Å². The van der Waals surface area contributed by atoms with Crippen LogP contribution in [0.1, 0.15) is 101 Å². The SMILES string of the molecule is Cc1cc(-n2nc3c(c2-n2ccn(-c4ccc5c(cnn5C)c4F)c2=O)[C@@H]2CC[C@H](C3)N2C(=O)c2cc3cc([C@H]4CCOC(C)(C)C4)ccc3n2C(=O)c2noc(=O)[nH]2)cc(C)c1F. The highest BCUT2D eigenvalue weighted by molar-refractivity contribution is 6.08. The predicted molar refractivity (Wildman–Crippen MR) is 229 cm³/mol. The Morgan fingerprint density at radius 3 is 2.42 bits per heavy atom. The zero-order chi connectivity index (χ0) is 44.5. The van der Waals surface area contributed by atoms with Crippen LogP contribution in [0, 0.1) is 25.5 Å². The van der Waals surface area contributed by atoms with Gasteiger partial charge in [0.2, 0.25) is 5.82 Å². The highest BCUT2D eigenvalue weighted by Gasteiger charge is 2.48. The van der Waals surface area contributed by atoms with Crippen LogP contribution in [0.15, 0.2) is 81.2 Å². The van der Waals surface area contributed by atoms with E-state index in [0.717, 1.165) is 18.4 Å². The topological polar surface area (TPSA) is 173 Å². The Balaban J connectivity index is 1.06. The van der Waals surface area contributed by atoms with Crippen LogP contribution in [0.25, 0.3) is 39.0 Å². The van der Waals surface area contributed by atoms with Crippen molar-refractivity contribution < 1.29 is 27.6 Å². The maximum Gasteiger partial charge on any atom is 0.439 e. The van der Waals surface area contributed by atoms with Gasteiger partial charge < -0.3 is 9.64 Å². The van der Waals surface area contributed by atoms with Crippen molar-refractivity contribution in [3.05, 3.63) is 139 Å². The van der Waals surface area contributed by atoms with E-state index in [1.54, 1.807) is 59.4 Å². The second-order valence-corrected chi connectivity index (χ2v) is 17.8. The summed E-state index contributed by atoms with van der Waals surface area (Å²) >= 11 is 0. The smallest absolute Gasteiger partial charge is 0.376 e. The monoisotopic (exact) mass is 868 g/mol. The highest BCUT2D eigenvalue weighted by Crippen LogP contribution is 2.48. The molecule has 5 aromatic heterocycles. The van der Waals surface area contributed by atoms with E-state index < -0.39 is 35.1 Å². The van der Waals surface area contributed by atoms with Gasteiger partial charge in [-0.15, -0.1) is 0 Å². The lowest BCUT2D eigenvalue weighted by Crippen LogP contribution is -2.43. The molecule has 3 aromatic carbocycles. The average Bonchev–Trinajstić information content (AvgIpc) is 4.13. The third-order valence-corrected chi connectivity index (χ3v) is 13.3. The molecule has 0 spiro atoms. The largest absolute Gasteiger partial charge is 0.439 e. The van der Waals surface area contributed by atoms with Crippen LogP contribution in [-0.4, -0.2) is 78.4 Å². The van der Waals surface area contributed by atoms with Gasteiger partial charge in [0.1, 0.15) is 17.3 Å². The van der Waals surface area contributed by atoms with Gasteiger partial charge in [0, 0.05) is 49.5 Å². The molecule has 0 radical (unpaired) electrons. The zero-order valence-electron chi connectivity index (χ0n) is 35.6. The van der Waals surface area contributed by atoms with Crippen LogP contribution in [-0.2, 0) is 18.2 Å². The van der Waals surface area contributed by atoms with Crippen molar-refractivity contribution in [2.45, 2.75) is 83.4 Å². The predicted octanol–water partition coefficient (Wildman–Crippen LogP) is 6.49. The maximum atomic E-state index is 16.1. The van der Waals surface area contributed by atoms with E-state index in [9.17, 15) is 14.4 Å². The molecular weight excluding hydrogens is 827 g/mol. The number of imidazole rings is 1. The van der Waals surface area contributed by atoms with E-state index in [1.165, 1.54) is 38.4 Å². The number of nitrogens with zero attached hydrogens (tertiary/aromatic N) is 9. The van der Waals surface area contributed by atoms with E-state index in [0.29, 0.717) is 76.2 Å². The molecule has 1 N–H and O–H groups in total. The van der Waals surface area contributed by atoms with Crippen LogP contribution in [0.5, 0.6) is 0 Å². The Bertz CT molecular complexity index is 3370. The molecule has 16 nitrogen and oxygen atoms in total. The second kappa shape index (κ2) is 14.2. The molecule has 18 heteroatoms. The van der Waals surface area contributed by atoms with Crippen molar-refractivity contribution in [2.24, 2.45) is 7.05 Å². The molecule has 3 atom stereocenters. The number of amides is 1. The first-order chi connectivity index (χ1) is 30.7. The molecule has 0 aliphatic carbocycles. The Morgan fingerprint density at radius 2 is 1.67 bits per heavy atom. The summed E-state index contributed by atoms with van der Waals surface area (Å²) in [4.78, 5) is 60.5. The minimum atomic E-state index is -0.917. The number of halogens is 2. The number of hydrogen-bond donors (Lipinski definition) is 1. The molecule has 11 rings (SSSR count). The highest BCUT2D eigenvalue weighted by atomic mass is 19.1. The Hall–Kier alpha value is -7.21. The van der Waals surface area contributed by atoms with Crippen molar-refractivity contribution in [1.82, 2.24) is 48.3 Å². The Kier molecular flexibility index (Phi) is 8.76.